The SMILES string of the molecule is CCCCCCCCCCCCC(O)CN1C[C@H](O)C[C@H]1C(=O)O. The zero-order valence-corrected chi connectivity index (χ0v) is 15.3. The number of rotatable bonds is 14. The van der Waals surface area contributed by atoms with Gasteiger partial charge in [-0.3, -0.25) is 9.69 Å². The molecule has 0 aromatic rings. The van der Waals surface area contributed by atoms with Crippen molar-refractivity contribution in [3.63, 3.8) is 0 Å². The topological polar surface area (TPSA) is 81.0 Å². The molecule has 0 radical (unpaired) electrons. The third-order valence-electron chi connectivity index (χ3n) is 5.00. The van der Waals surface area contributed by atoms with Crippen LogP contribution in [0.2, 0.25) is 0 Å². The Morgan fingerprint density at radius 3 is 2.12 bits per heavy atom. The fraction of sp³-hybridized carbons (Fsp3) is 0.947. The smallest absolute Gasteiger partial charge is 0.321 e. The molecule has 1 heterocycles. The first-order valence-electron chi connectivity index (χ1n) is 9.87. The zero-order valence-electron chi connectivity index (χ0n) is 15.3. The number of carboxylic acids is 1. The average Bonchev–Trinajstić information content (AvgIpc) is 2.90. The van der Waals surface area contributed by atoms with E-state index in [1.54, 1.807) is 4.90 Å². The molecule has 1 aliphatic heterocycles. The maximum atomic E-state index is 11.1. The number of unbranched alkanes of at least 4 members (excludes halogenated alkanes) is 9. The molecule has 142 valence electrons. The zero-order chi connectivity index (χ0) is 17.8. The first kappa shape index (κ1) is 21.4. The predicted molar refractivity (Wildman–Crippen MR) is 96.1 cm³/mol. The van der Waals surface area contributed by atoms with Crippen molar-refractivity contribution >= 4 is 5.97 Å². The van der Waals surface area contributed by atoms with E-state index < -0.39 is 24.2 Å². The van der Waals surface area contributed by atoms with Crippen LogP contribution in [0.3, 0.4) is 0 Å². The number of β-amino-alcohol motifs (C(OH)–C–C–N with tert-alkyl or cyclic N) is 2. The Kier molecular flexibility index (Phi) is 11.3. The van der Waals surface area contributed by atoms with Crippen molar-refractivity contribution in [2.75, 3.05) is 13.1 Å². The van der Waals surface area contributed by atoms with Crippen molar-refractivity contribution in [2.24, 2.45) is 0 Å². The molecule has 0 aliphatic carbocycles. The van der Waals surface area contributed by atoms with Crippen LogP contribution in [0.1, 0.15) is 84.0 Å². The first-order valence-corrected chi connectivity index (χ1v) is 9.87. The second-order valence-electron chi connectivity index (χ2n) is 7.32. The highest BCUT2D eigenvalue weighted by Crippen LogP contribution is 2.19. The minimum absolute atomic E-state index is 0.264. The van der Waals surface area contributed by atoms with Crippen molar-refractivity contribution in [1.29, 1.82) is 0 Å². The minimum atomic E-state index is -0.905. The van der Waals surface area contributed by atoms with Crippen molar-refractivity contribution in [3.05, 3.63) is 0 Å². The lowest BCUT2D eigenvalue weighted by molar-refractivity contribution is -0.142. The van der Waals surface area contributed by atoms with E-state index in [1.165, 1.54) is 51.4 Å². The van der Waals surface area contributed by atoms with Gasteiger partial charge in [0, 0.05) is 19.5 Å². The van der Waals surface area contributed by atoms with Crippen LogP contribution in [-0.4, -0.2) is 57.5 Å². The number of carbonyl (C=O) groups is 1. The number of likely N-dealkylation sites (tertiary alicyclic amines) is 1. The van der Waals surface area contributed by atoms with Gasteiger partial charge in [-0.25, -0.2) is 0 Å². The van der Waals surface area contributed by atoms with E-state index in [2.05, 4.69) is 6.92 Å². The highest BCUT2D eigenvalue weighted by Gasteiger charge is 2.36. The lowest BCUT2D eigenvalue weighted by atomic mass is 10.0. The highest BCUT2D eigenvalue weighted by molar-refractivity contribution is 5.74. The standard InChI is InChI=1S/C19H37NO4/c1-2-3-4-5-6-7-8-9-10-11-12-16(21)14-20-15-17(22)13-18(20)19(23)24/h16-18,21-22H,2-15H2,1H3,(H,23,24)/t16?,17-,18+/m1/s1. The van der Waals surface area contributed by atoms with Gasteiger partial charge in [-0.2, -0.15) is 0 Å². The summed E-state index contributed by atoms with van der Waals surface area (Å²) in [5.41, 5.74) is 0. The fourth-order valence-electron chi connectivity index (χ4n) is 3.57. The number of hydrogen-bond acceptors (Lipinski definition) is 4. The van der Waals surface area contributed by atoms with Gasteiger partial charge in [0.15, 0.2) is 0 Å². The Morgan fingerprint density at radius 2 is 1.58 bits per heavy atom. The van der Waals surface area contributed by atoms with Crippen LogP contribution in [-0.2, 0) is 4.79 Å². The van der Waals surface area contributed by atoms with E-state index in [1.807, 2.05) is 0 Å². The van der Waals surface area contributed by atoms with Crippen LogP contribution in [0.15, 0.2) is 0 Å². The predicted octanol–water partition coefficient (Wildman–Crippen LogP) is 3.18. The molecule has 0 spiro atoms. The Morgan fingerprint density at radius 1 is 1.04 bits per heavy atom. The largest absolute Gasteiger partial charge is 0.480 e. The van der Waals surface area contributed by atoms with E-state index in [4.69, 9.17) is 5.11 Å². The van der Waals surface area contributed by atoms with Crippen LogP contribution in [0, 0.1) is 0 Å². The van der Waals surface area contributed by atoms with E-state index in [0.717, 1.165) is 19.3 Å². The molecule has 1 saturated heterocycles. The summed E-state index contributed by atoms with van der Waals surface area (Å²) < 4.78 is 0. The maximum absolute atomic E-state index is 11.1. The van der Waals surface area contributed by atoms with Crippen molar-refractivity contribution in [3.8, 4) is 0 Å². The van der Waals surface area contributed by atoms with Crippen molar-refractivity contribution in [2.45, 2.75) is 102 Å². The quantitative estimate of drug-likeness (QED) is 0.422. The fourth-order valence-corrected chi connectivity index (χ4v) is 3.57. The molecule has 1 unspecified atom stereocenters. The third-order valence-corrected chi connectivity index (χ3v) is 5.00. The van der Waals surface area contributed by atoms with Gasteiger partial charge in [0.25, 0.3) is 0 Å². The number of hydrogen-bond donors (Lipinski definition) is 3. The lowest BCUT2D eigenvalue weighted by Gasteiger charge is -2.23. The third kappa shape index (κ3) is 9.00. The molecule has 1 rings (SSSR count). The van der Waals surface area contributed by atoms with Gasteiger partial charge in [0.1, 0.15) is 6.04 Å². The molecule has 3 N–H and O–H groups in total. The van der Waals surface area contributed by atoms with Crippen LogP contribution in [0.4, 0.5) is 0 Å². The van der Waals surface area contributed by atoms with E-state index in [0.29, 0.717) is 13.1 Å². The number of nitrogens with zero attached hydrogens (tertiary/aromatic N) is 1. The summed E-state index contributed by atoms with van der Waals surface area (Å²) in [6.07, 6.45) is 12.6. The summed E-state index contributed by atoms with van der Waals surface area (Å²) in [5, 5.41) is 28.9. The number of aliphatic hydroxyl groups is 2. The second kappa shape index (κ2) is 12.7. The molecule has 1 aliphatic rings. The number of carboxylic acid groups (broad SMARTS) is 1. The number of aliphatic carboxylic acids is 1. The van der Waals surface area contributed by atoms with Crippen LogP contribution < -0.4 is 0 Å². The molecule has 0 saturated carbocycles. The Balaban J connectivity index is 2.00. The summed E-state index contributed by atoms with van der Waals surface area (Å²) in [6.45, 7) is 2.94. The van der Waals surface area contributed by atoms with Crippen LogP contribution >= 0.6 is 0 Å². The van der Waals surface area contributed by atoms with Gasteiger partial charge >= 0.3 is 5.97 Å². The van der Waals surface area contributed by atoms with Crippen molar-refractivity contribution < 1.29 is 20.1 Å². The highest BCUT2D eigenvalue weighted by atomic mass is 16.4. The van der Waals surface area contributed by atoms with Gasteiger partial charge < -0.3 is 15.3 Å². The van der Waals surface area contributed by atoms with Gasteiger partial charge in [-0.1, -0.05) is 71.1 Å². The molecular weight excluding hydrogens is 306 g/mol. The molecule has 24 heavy (non-hydrogen) atoms. The molecule has 0 aromatic heterocycles. The van der Waals surface area contributed by atoms with Gasteiger partial charge in [0.2, 0.25) is 0 Å². The Bertz CT molecular complexity index is 337. The van der Waals surface area contributed by atoms with E-state index in [9.17, 15) is 15.0 Å². The Hall–Kier alpha value is -0.650. The van der Waals surface area contributed by atoms with E-state index in [-0.39, 0.29) is 6.42 Å². The summed E-state index contributed by atoms with van der Waals surface area (Å²) in [7, 11) is 0. The summed E-state index contributed by atoms with van der Waals surface area (Å²) in [5.74, 6) is -0.905. The van der Waals surface area contributed by atoms with Crippen LogP contribution in [0.25, 0.3) is 0 Å². The summed E-state index contributed by atoms with van der Waals surface area (Å²) in [6, 6.07) is -0.651. The molecular formula is C19H37NO4. The first-order chi connectivity index (χ1) is 11.5. The van der Waals surface area contributed by atoms with E-state index >= 15 is 0 Å². The molecule has 0 bridgehead atoms. The molecule has 1 fully saturated rings. The molecule has 5 heteroatoms. The summed E-state index contributed by atoms with van der Waals surface area (Å²) >= 11 is 0. The Labute approximate surface area is 147 Å². The second-order valence-corrected chi connectivity index (χ2v) is 7.32. The van der Waals surface area contributed by atoms with Gasteiger partial charge in [0.05, 0.1) is 12.2 Å². The minimum Gasteiger partial charge on any atom is -0.480 e. The molecule has 0 amide bonds. The van der Waals surface area contributed by atoms with Gasteiger partial charge in [-0.05, 0) is 6.42 Å². The molecule has 3 atom stereocenters. The lowest BCUT2D eigenvalue weighted by Crippen LogP contribution is -2.40. The van der Waals surface area contributed by atoms with Gasteiger partial charge in [-0.15, -0.1) is 0 Å². The normalized spacial score (nSPS) is 22.8. The molecule has 0 aromatic carbocycles. The average molecular weight is 344 g/mol. The number of aliphatic hydroxyl groups excluding tert-OH is 2. The summed E-state index contributed by atoms with van der Waals surface area (Å²) in [4.78, 5) is 12.9. The molecule has 5 nitrogen and oxygen atoms in total. The maximum Gasteiger partial charge on any atom is 0.321 e. The monoisotopic (exact) mass is 343 g/mol. The van der Waals surface area contributed by atoms with Crippen LogP contribution in [0.5, 0.6) is 0 Å². The van der Waals surface area contributed by atoms with Crippen molar-refractivity contribution in [1.82, 2.24) is 4.90 Å².